The number of nitrogens with one attached hydrogen (secondary N) is 1. The van der Waals surface area contributed by atoms with Crippen molar-refractivity contribution in [1.29, 1.82) is 0 Å². The highest BCUT2D eigenvalue weighted by Gasteiger charge is 2.34. The number of nitrogens with zero attached hydrogens (tertiary/aromatic N) is 2. The average Bonchev–Trinajstić information content (AvgIpc) is 2.92. The van der Waals surface area contributed by atoms with Crippen molar-refractivity contribution in [3.63, 3.8) is 0 Å². The molecule has 1 N–H and O–H groups in total. The lowest BCUT2D eigenvalue weighted by Crippen LogP contribution is -2.53. The van der Waals surface area contributed by atoms with E-state index in [2.05, 4.69) is 5.32 Å². The molecule has 0 bridgehead atoms. The third-order valence-electron chi connectivity index (χ3n) is 6.57. The van der Waals surface area contributed by atoms with Crippen LogP contribution < -0.4 is 19.1 Å². The van der Waals surface area contributed by atoms with E-state index in [1.54, 1.807) is 37.3 Å². The standard InChI is InChI=1S/C27H35Cl2N3O6S/c1-5-18(4)30-27(34)23(6-2)31(16-20-21(28)9-8-10-22(20)29)26(33)17-32(39(35,36)7-3)19-11-12-24-25(15-19)38-14-13-37-24/h8-12,15,18,23H,5-7,13-14,16-17H2,1-4H3,(H,30,34)/t18-,23-/m0/s1. The Labute approximate surface area is 240 Å². The van der Waals surface area contributed by atoms with E-state index in [4.69, 9.17) is 32.7 Å². The van der Waals surface area contributed by atoms with Crippen LogP contribution in [0.25, 0.3) is 0 Å². The highest BCUT2D eigenvalue weighted by atomic mass is 35.5. The SMILES string of the molecule is CC[C@H](C)NC(=O)[C@H](CC)N(Cc1c(Cl)cccc1Cl)C(=O)CN(c1ccc2c(c1)OCCO2)S(=O)(=O)CC. The Morgan fingerprint density at radius 2 is 1.64 bits per heavy atom. The Morgan fingerprint density at radius 1 is 1.00 bits per heavy atom. The third kappa shape index (κ3) is 7.49. The molecule has 2 atom stereocenters. The number of anilines is 1. The van der Waals surface area contributed by atoms with Crippen LogP contribution in [0.1, 0.15) is 46.1 Å². The van der Waals surface area contributed by atoms with Gasteiger partial charge < -0.3 is 19.7 Å². The van der Waals surface area contributed by atoms with Crippen molar-refractivity contribution in [1.82, 2.24) is 10.2 Å². The fraction of sp³-hybridized carbons (Fsp3) is 0.481. The third-order valence-corrected chi connectivity index (χ3v) is 9.02. The van der Waals surface area contributed by atoms with E-state index in [1.807, 2.05) is 13.8 Å². The predicted molar refractivity (Wildman–Crippen MR) is 153 cm³/mol. The van der Waals surface area contributed by atoms with Gasteiger partial charge in [-0.25, -0.2) is 8.42 Å². The number of hydrogen-bond acceptors (Lipinski definition) is 6. The van der Waals surface area contributed by atoms with Gasteiger partial charge in [0.05, 0.1) is 11.4 Å². The number of benzene rings is 2. The van der Waals surface area contributed by atoms with E-state index >= 15 is 0 Å². The van der Waals surface area contributed by atoms with Crippen molar-refractivity contribution in [2.45, 2.75) is 59.2 Å². The van der Waals surface area contributed by atoms with Crippen LogP contribution >= 0.6 is 23.2 Å². The van der Waals surface area contributed by atoms with Crippen LogP contribution in [0.15, 0.2) is 36.4 Å². The lowest BCUT2D eigenvalue weighted by molar-refractivity contribution is -0.140. The first-order chi connectivity index (χ1) is 18.5. The zero-order valence-electron chi connectivity index (χ0n) is 22.6. The van der Waals surface area contributed by atoms with Crippen LogP contribution in [0, 0.1) is 0 Å². The summed E-state index contributed by atoms with van der Waals surface area (Å²) in [6.45, 7) is 7.20. The normalized spacial score (nSPS) is 14.3. The average molecular weight is 601 g/mol. The molecule has 0 aliphatic carbocycles. The van der Waals surface area contributed by atoms with E-state index < -0.39 is 28.5 Å². The first kappa shape index (κ1) is 30.8. The number of rotatable bonds is 12. The van der Waals surface area contributed by atoms with Gasteiger partial charge in [-0.1, -0.05) is 43.1 Å². The molecule has 0 saturated heterocycles. The maximum absolute atomic E-state index is 14.0. The van der Waals surface area contributed by atoms with Crippen molar-refractivity contribution >= 4 is 50.7 Å². The van der Waals surface area contributed by atoms with E-state index in [0.29, 0.717) is 53.2 Å². The molecule has 0 saturated carbocycles. The molecule has 3 rings (SSSR count). The van der Waals surface area contributed by atoms with Crippen molar-refractivity contribution in [3.05, 3.63) is 52.0 Å². The number of sulfonamides is 1. The molecule has 1 heterocycles. The minimum Gasteiger partial charge on any atom is -0.486 e. The summed E-state index contributed by atoms with van der Waals surface area (Å²) < 4.78 is 38.6. The van der Waals surface area contributed by atoms with Gasteiger partial charge in [-0.15, -0.1) is 0 Å². The Kier molecular flexibility index (Phi) is 10.7. The number of hydrogen-bond donors (Lipinski definition) is 1. The Balaban J connectivity index is 2.02. The number of amides is 2. The highest BCUT2D eigenvalue weighted by Crippen LogP contribution is 2.35. The zero-order chi connectivity index (χ0) is 28.7. The Bertz CT molecular complexity index is 1270. The van der Waals surface area contributed by atoms with Crippen LogP contribution in [0.4, 0.5) is 5.69 Å². The molecular formula is C27H35Cl2N3O6S. The first-order valence-electron chi connectivity index (χ1n) is 12.9. The van der Waals surface area contributed by atoms with Gasteiger partial charge in [0.1, 0.15) is 25.8 Å². The molecule has 12 heteroatoms. The fourth-order valence-electron chi connectivity index (χ4n) is 4.12. The monoisotopic (exact) mass is 599 g/mol. The summed E-state index contributed by atoms with van der Waals surface area (Å²) in [7, 11) is -3.90. The summed E-state index contributed by atoms with van der Waals surface area (Å²) in [5.74, 6) is -0.275. The highest BCUT2D eigenvalue weighted by molar-refractivity contribution is 7.92. The fourth-order valence-corrected chi connectivity index (χ4v) is 5.69. The van der Waals surface area contributed by atoms with E-state index in [1.165, 1.54) is 17.9 Å². The molecule has 0 unspecified atom stereocenters. The summed E-state index contributed by atoms with van der Waals surface area (Å²) >= 11 is 12.8. The van der Waals surface area contributed by atoms with Gasteiger partial charge >= 0.3 is 0 Å². The molecular weight excluding hydrogens is 565 g/mol. The molecule has 2 aromatic rings. The maximum Gasteiger partial charge on any atom is 0.244 e. The van der Waals surface area contributed by atoms with Crippen molar-refractivity contribution < 1.29 is 27.5 Å². The molecule has 9 nitrogen and oxygen atoms in total. The number of halogens is 2. The van der Waals surface area contributed by atoms with E-state index in [0.717, 1.165) is 4.31 Å². The van der Waals surface area contributed by atoms with Gasteiger partial charge in [0, 0.05) is 34.3 Å². The van der Waals surface area contributed by atoms with Gasteiger partial charge in [-0.3, -0.25) is 13.9 Å². The summed E-state index contributed by atoms with van der Waals surface area (Å²) in [6, 6.07) is 8.70. The number of fused-ring (bicyclic) bond motifs is 1. The second kappa shape index (κ2) is 13.6. The molecule has 0 spiro atoms. The number of carbonyl (C=O) groups excluding carboxylic acids is 2. The van der Waals surface area contributed by atoms with Crippen molar-refractivity contribution in [2.24, 2.45) is 0 Å². The maximum atomic E-state index is 14.0. The summed E-state index contributed by atoms with van der Waals surface area (Å²) in [4.78, 5) is 28.6. The van der Waals surface area contributed by atoms with E-state index in [9.17, 15) is 18.0 Å². The van der Waals surface area contributed by atoms with Crippen LogP contribution in [0.2, 0.25) is 10.0 Å². The van der Waals surface area contributed by atoms with Crippen LogP contribution in [0.3, 0.4) is 0 Å². The van der Waals surface area contributed by atoms with E-state index in [-0.39, 0.29) is 29.9 Å². The Hall–Kier alpha value is -2.69. The van der Waals surface area contributed by atoms with Gasteiger partial charge in [0.15, 0.2) is 11.5 Å². The van der Waals surface area contributed by atoms with Crippen LogP contribution in [0.5, 0.6) is 11.5 Å². The van der Waals surface area contributed by atoms with Crippen LogP contribution in [-0.2, 0) is 26.2 Å². The number of carbonyl (C=O) groups is 2. The topological polar surface area (TPSA) is 105 Å². The molecule has 1 aliphatic heterocycles. The van der Waals surface area contributed by atoms with Gasteiger partial charge in [-0.05, 0) is 51.0 Å². The molecule has 0 fully saturated rings. The van der Waals surface area contributed by atoms with Gasteiger partial charge in [0.2, 0.25) is 21.8 Å². The minimum atomic E-state index is -3.90. The quantitative estimate of drug-likeness (QED) is 0.381. The smallest absolute Gasteiger partial charge is 0.244 e. The zero-order valence-corrected chi connectivity index (χ0v) is 24.9. The molecule has 2 amide bonds. The molecule has 2 aromatic carbocycles. The second-order valence-corrected chi connectivity index (χ2v) is 12.2. The summed E-state index contributed by atoms with van der Waals surface area (Å²) in [6.07, 6.45) is 1.000. The molecule has 0 radical (unpaired) electrons. The lowest BCUT2D eigenvalue weighted by Gasteiger charge is -2.34. The minimum absolute atomic E-state index is 0.0784. The van der Waals surface area contributed by atoms with Gasteiger partial charge in [0.25, 0.3) is 0 Å². The molecule has 39 heavy (non-hydrogen) atoms. The van der Waals surface area contributed by atoms with Crippen LogP contribution in [-0.4, -0.2) is 62.7 Å². The summed E-state index contributed by atoms with van der Waals surface area (Å²) in [5.41, 5.74) is 0.718. The first-order valence-corrected chi connectivity index (χ1v) is 15.3. The number of ether oxygens (including phenoxy) is 2. The van der Waals surface area contributed by atoms with Gasteiger partial charge in [-0.2, -0.15) is 0 Å². The molecule has 0 aromatic heterocycles. The second-order valence-electron chi connectivity index (χ2n) is 9.20. The lowest BCUT2D eigenvalue weighted by atomic mass is 10.1. The molecule has 214 valence electrons. The van der Waals surface area contributed by atoms with Crippen molar-refractivity contribution in [2.75, 3.05) is 29.8 Å². The predicted octanol–water partition coefficient (Wildman–Crippen LogP) is 4.64. The van der Waals surface area contributed by atoms with Crippen molar-refractivity contribution in [3.8, 4) is 11.5 Å². The largest absolute Gasteiger partial charge is 0.486 e. The molecule has 1 aliphatic rings. The summed E-state index contributed by atoms with van der Waals surface area (Å²) in [5, 5.41) is 3.60. The Morgan fingerprint density at radius 3 is 2.23 bits per heavy atom.